The number of amides is 1. The summed E-state index contributed by atoms with van der Waals surface area (Å²) >= 11 is 0. The predicted molar refractivity (Wildman–Crippen MR) is 119 cm³/mol. The standard InChI is InChI=1S/C24H30N4O2/c1-16(2)28-23-21(14-26-28)20(13-22(27-23)19-8-5-4-7-17(19)3)24(29)25-11-6-12-30-15-18-9-10-18/h4-5,7-8,13-14,16,18H,6,9-12,15H2,1-3H3,(H,25,29). The third kappa shape index (κ3) is 4.54. The van der Waals surface area contributed by atoms with Crippen LogP contribution in [0.4, 0.5) is 0 Å². The molecule has 0 aliphatic heterocycles. The van der Waals surface area contributed by atoms with E-state index in [0.717, 1.165) is 46.8 Å². The van der Waals surface area contributed by atoms with Crippen LogP contribution in [0, 0.1) is 12.8 Å². The minimum atomic E-state index is -0.0947. The Morgan fingerprint density at radius 3 is 2.83 bits per heavy atom. The van der Waals surface area contributed by atoms with E-state index in [1.165, 1.54) is 12.8 Å². The van der Waals surface area contributed by atoms with Gasteiger partial charge >= 0.3 is 0 Å². The van der Waals surface area contributed by atoms with Crippen LogP contribution in [0.15, 0.2) is 36.5 Å². The number of aromatic nitrogens is 3. The van der Waals surface area contributed by atoms with Gasteiger partial charge in [0, 0.05) is 31.4 Å². The van der Waals surface area contributed by atoms with Gasteiger partial charge in [0.2, 0.25) is 0 Å². The quantitative estimate of drug-likeness (QED) is 0.530. The molecule has 1 aromatic carbocycles. The molecule has 1 aliphatic carbocycles. The maximum atomic E-state index is 13.0. The van der Waals surface area contributed by atoms with Crippen LogP contribution in [-0.2, 0) is 4.74 Å². The van der Waals surface area contributed by atoms with E-state index in [2.05, 4.69) is 37.3 Å². The van der Waals surface area contributed by atoms with E-state index < -0.39 is 0 Å². The van der Waals surface area contributed by atoms with Crippen LogP contribution in [-0.4, -0.2) is 40.4 Å². The first-order chi connectivity index (χ1) is 14.5. The van der Waals surface area contributed by atoms with Crippen molar-refractivity contribution in [3.63, 3.8) is 0 Å². The molecule has 0 atom stereocenters. The number of carbonyl (C=O) groups excluding carboxylic acids is 1. The van der Waals surface area contributed by atoms with Crippen LogP contribution in [0.5, 0.6) is 0 Å². The normalized spacial score (nSPS) is 13.9. The van der Waals surface area contributed by atoms with E-state index in [0.29, 0.717) is 18.7 Å². The smallest absolute Gasteiger partial charge is 0.252 e. The topological polar surface area (TPSA) is 69.0 Å². The van der Waals surface area contributed by atoms with E-state index in [9.17, 15) is 4.79 Å². The number of ether oxygens (including phenoxy) is 1. The third-order valence-electron chi connectivity index (χ3n) is 5.52. The SMILES string of the molecule is Cc1ccccc1-c1cc(C(=O)NCCCOCC2CC2)c2cnn(C(C)C)c2n1. The Kier molecular flexibility index (Phi) is 6.13. The van der Waals surface area contributed by atoms with Crippen molar-refractivity contribution in [1.29, 1.82) is 0 Å². The average Bonchev–Trinajstić information content (AvgIpc) is 3.45. The molecule has 3 aromatic rings. The van der Waals surface area contributed by atoms with Gasteiger partial charge in [-0.2, -0.15) is 5.10 Å². The van der Waals surface area contributed by atoms with Gasteiger partial charge in [-0.25, -0.2) is 9.67 Å². The van der Waals surface area contributed by atoms with Gasteiger partial charge in [0.15, 0.2) is 5.65 Å². The van der Waals surface area contributed by atoms with Crippen LogP contribution < -0.4 is 5.32 Å². The zero-order valence-electron chi connectivity index (χ0n) is 18.0. The van der Waals surface area contributed by atoms with Crippen LogP contribution >= 0.6 is 0 Å². The highest BCUT2D eigenvalue weighted by molar-refractivity contribution is 6.06. The Labute approximate surface area is 177 Å². The molecule has 0 unspecified atom stereocenters. The molecular formula is C24H30N4O2. The second-order valence-electron chi connectivity index (χ2n) is 8.42. The first-order valence-electron chi connectivity index (χ1n) is 10.8. The lowest BCUT2D eigenvalue weighted by Crippen LogP contribution is -2.25. The van der Waals surface area contributed by atoms with Gasteiger partial charge in [0.25, 0.3) is 5.91 Å². The van der Waals surface area contributed by atoms with E-state index in [4.69, 9.17) is 9.72 Å². The van der Waals surface area contributed by atoms with Crippen molar-refractivity contribution in [3.05, 3.63) is 47.7 Å². The largest absolute Gasteiger partial charge is 0.381 e. The molecule has 1 amide bonds. The van der Waals surface area contributed by atoms with Crippen molar-refractivity contribution < 1.29 is 9.53 Å². The average molecular weight is 407 g/mol. The van der Waals surface area contributed by atoms with Gasteiger partial charge in [0.1, 0.15) is 0 Å². The molecular weight excluding hydrogens is 376 g/mol. The molecule has 0 radical (unpaired) electrons. The molecule has 0 spiro atoms. The van der Waals surface area contributed by atoms with Crippen molar-refractivity contribution in [3.8, 4) is 11.3 Å². The lowest BCUT2D eigenvalue weighted by atomic mass is 10.0. The molecule has 0 saturated heterocycles. The maximum Gasteiger partial charge on any atom is 0.252 e. The predicted octanol–water partition coefficient (Wildman–Crippen LogP) is 4.53. The molecule has 30 heavy (non-hydrogen) atoms. The van der Waals surface area contributed by atoms with Crippen molar-refractivity contribution in [1.82, 2.24) is 20.1 Å². The van der Waals surface area contributed by atoms with Crippen LogP contribution in [0.3, 0.4) is 0 Å². The first-order valence-corrected chi connectivity index (χ1v) is 10.8. The molecule has 2 aromatic heterocycles. The molecule has 1 saturated carbocycles. The highest BCUT2D eigenvalue weighted by Gasteiger charge is 2.21. The van der Waals surface area contributed by atoms with Crippen LogP contribution in [0.1, 0.15) is 55.1 Å². The number of nitrogens with one attached hydrogen (secondary N) is 1. The number of hydrogen-bond acceptors (Lipinski definition) is 4. The second-order valence-corrected chi connectivity index (χ2v) is 8.42. The minimum Gasteiger partial charge on any atom is -0.381 e. The zero-order chi connectivity index (χ0) is 21.1. The highest BCUT2D eigenvalue weighted by Crippen LogP contribution is 2.29. The Balaban J connectivity index is 1.57. The number of aryl methyl sites for hydroxylation is 1. The third-order valence-corrected chi connectivity index (χ3v) is 5.52. The van der Waals surface area contributed by atoms with Gasteiger partial charge < -0.3 is 10.1 Å². The number of benzene rings is 1. The molecule has 158 valence electrons. The van der Waals surface area contributed by atoms with E-state index in [-0.39, 0.29) is 11.9 Å². The summed E-state index contributed by atoms with van der Waals surface area (Å²) in [7, 11) is 0. The summed E-state index contributed by atoms with van der Waals surface area (Å²) < 4.78 is 7.54. The first kappa shape index (κ1) is 20.5. The minimum absolute atomic E-state index is 0.0947. The molecule has 6 nitrogen and oxygen atoms in total. The summed E-state index contributed by atoms with van der Waals surface area (Å²) in [6.07, 6.45) is 5.14. The van der Waals surface area contributed by atoms with Gasteiger partial charge in [-0.1, -0.05) is 24.3 Å². The highest BCUT2D eigenvalue weighted by atomic mass is 16.5. The van der Waals surface area contributed by atoms with Crippen molar-refractivity contribution in [2.45, 2.75) is 46.1 Å². The lowest BCUT2D eigenvalue weighted by Gasteiger charge is -2.12. The van der Waals surface area contributed by atoms with E-state index >= 15 is 0 Å². The van der Waals surface area contributed by atoms with Crippen molar-refractivity contribution >= 4 is 16.9 Å². The molecule has 2 heterocycles. The molecule has 6 heteroatoms. The van der Waals surface area contributed by atoms with Crippen molar-refractivity contribution in [2.24, 2.45) is 5.92 Å². The number of hydrogen-bond donors (Lipinski definition) is 1. The number of nitrogens with zero attached hydrogens (tertiary/aromatic N) is 3. The van der Waals surface area contributed by atoms with Crippen LogP contribution in [0.2, 0.25) is 0 Å². The number of pyridine rings is 1. The summed E-state index contributed by atoms with van der Waals surface area (Å²) in [5.74, 6) is 0.671. The van der Waals surface area contributed by atoms with Gasteiger partial charge in [-0.05, 0) is 57.6 Å². The van der Waals surface area contributed by atoms with Crippen LogP contribution in [0.25, 0.3) is 22.3 Å². The van der Waals surface area contributed by atoms with E-state index in [1.54, 1.807) is 6.20 Å². The van der Waals surface area contributed by atoms with Gasteiger partial charge in [-0.15, -0.1) is 0 Å². The summed E-state index contributed by atoms with van der Waals surface area (Å²) in [6, 6.07) is 10.1. The molecule has 1 fully saturated rings. The number of rotatable bonds is 9. The summed E-state index contributed by atoms with van der Waals surface area (Å²) in [5.41, 5.74) is 4.30. The molecule has 1 aliphatic rings. The fraction of sp³-hybridized carbons (Fsp3) is 0.458. The van der Waals surface area contributed by atoms with Crippen molar-refractivity contribution in [2.75, 3.05) is 19.8 Å². The maximum absolute atomic E-state index is 13.0. The van der Waals surface area contributed by atoms with E-state index in [1.807, 2.05) is 28.9 Å². The Morgan fingerprint density at radius 1 is 1.30 bits per heavy atom. The summed E-state index contributed by atoms with van der Waals surface area (Å²) in [4.78, 5) is 17.9. The van der Waals surface area contributed by atoms with Gasteiger partial charge in [-0.3, -0.25) is 4.79 Å². The van der Waals surface area contributed by atoms with Gasteiger partial charge in [0.05, 0.1) is 22.8 Å². The monoisotopic (exact) mass is 406 g/mol. The number of fused-ring (bicyclic) bond motifs is 1. The Bertz CT molecular complexity index is 1040. The lowest BCUT2D eigenvalue weighted by molar-refractivity contribution is 0.0939. The second kappa shape index (κ2) is 8.96. The number of carbonyl (C=O) groups is 1. The Morgan fingerprint density at radius 2 is 2.10 bits per heavy atom. The summed E-state index contributed by atoms with van der Waals surface area (Å²) in [6.45, 7) is 8.31. The Hall–Kier alpha value is -2.73. The zero-order valence-corrected chi connectivity index (χ0v) is 18.0. The molecule has 0 bridgehead atoms. The fourth-order valence-corrected chi connectivity index (χ4v) is 3.59. The fourth-order valence-electron chi connectivity index (χ4n) is 3.59. The summed E-state index contributed by atoms with van der Waals surface area (Å²) in [5, 5.41) is 8.32. The molecule has 1 N–H and O–H groups in total. The molecule has 4 rings (SSSR count).